The van der Waals surface area contributed by atoms with Gasteiger partial charge in [0.05, 0.1) is 6.61 Å². The van der Waals surface area contributed by atoms with Crippen LogP contribution in [0.15, 0.2) is 0 Å². The largest absolute Gasteiger partial charge is 0.466 e. The molecule has 3 fully saturated rings. The van der Waals surface area contributed by atoms with Crippen LogP contribution in [0, 0.1) is 0 Å². The maximum absolute atomic E-state index is 10.5. The predicted molar refractivity (Wildman–Crippen MR) is 86.9 cm³/mol. The SMILES string of the molecule is CCC1CCC(=O)O1.O=C1CCCCC1.O=C1CCCCCO1. The minimum Gasteiger partial charge on any atom is -0.466 e. The molecule has 0 amide bonds. The summed E-state index contributed by atoms with van der Waals surface area (Å²) in [6, 6.07) is 0. The highest BCUT2D eigenvalue weighted by molar-refractivity contribution is 5.78. The van der Waals surface area contributed by atoms with E-state index in [0.29, 0.717) is 25.2 Å². The standard InChI is InChI=1S/2C6H10O2.C6H10O/c1-2-5-3-4-6(7)8-5;7-6-4-2-1-3-5-8-6;7-6-4-2-1-3-5-6/h5H,2-4H2,1H3;1-5H2;1-5H2. The number of hydrogen-bond donors (Lipinski definition) is 0. The maximum atomic E-state index is 10.5. The molecule has 0 bridgehead atoms. The normalized spacial score (nSPS) is 24.2. The van der Waals surface area contributed by atoms with Gasteiger partial charge in [-0.05, 0) is 44.9 Å². The lowest BCUT2D eigenvalue weighted by atomic mass is 10.00. The summed E-state index contributed by atoms with van der Waals surface area (Å²) in [5, 5.41) is 0. The number of carbonyl (C=O) groups is 3. The Bertz CT molecular complexity index is 360. The van der Waals surface area contributed by atoms with Crippen molar-refractivity contribution in [2.24, 2.45) is 0 Å². The molecule has 132 valence electrons. The van der Waals surface area contributed by atoms with Gasteiger partial charge >= 0.3 is 11.9 Å². The van der Waals surface area contributed by atoms with Gasteiger partial charge in [-0.1, -0.05) is 13.3 Å². The van der Waals surface area contributed by atoms with Crippen molar-refractivity contribution in [2.75, 3.05) is 6.61 Å². The number of hydrogen-bond acceptors (Lipinski definition) is 5. The zero-order valence-electron chi connectivity index (χ0n) is 14.3. The molecule has 1 aliphatic carbocycles. The lowest BCUT2D eigenvalue weighted by molar-refractivity contribution is -0.143. The number of ketones is 1. The molecule has 0 aromatic rings. The first-order chi connectivity index (χ1) is 11.1. The van der Waals surface area contributed by atoms with Gasteiger partial charge in [0.15, 0.2) is 0 Å². The molecule has 3 aliphatic rings. The van der Waals surface area contributed by atoms with Gasteiger partial charge in [0.1, 0.15) is 11.9 Å². The van der Waals surface area contributed by atoms with Gasteiger partial charge in [-0.25, -0.2) is 0 Å². The number of carbonyl (C=O) groups excluding carboxylic acids is 3. The summed E-state index contributed by atoms with van der Waals surface area (Å²) >= 11 is 0. The van der Waals surface area contributed by atoms with Crippen LogP contribution in [0.5, 0.6) is 0 Å². The Morgan fingerprint density at radius 2 is 1.48 bits per heavy atom. The van der Waals surface area contributed by atoms with Crippen LogP contribution in [0.2, 0.25) is 0 Å². The fourth-order valence-electron chi connectivity index (χ4n) is 2.62. The zero-order chi connectivity index (χ0) is 16.9. The van der Waals surface area contributed by atoms with Gasteiger partial charge in [-0.15, -0.1) is 0 Å². The minimum absolute atomic E-state index is 0.0255. The molecule has 1 saturated carbocycles. The van der Waals surface area contributed by atoms with E-state index in [-0.39, 0.29) is 18.0 Å². The third-order valence-corrected chi connectivity index (χ3v) is 4.12. The summed E-state index contributed by atoms with van der Waals surface area (Å²) in [5.41, 5.74) is 0. The average Bonchev–Trinajstić information content (AvgIpc) is 2.83. The summed E-state index contributed by atoms with van der Waals surface area (Å²) in [6.45, 7) is 2.67. The van der Waals surface area contributed by atoms with Crippen LogP contribution >= 0.6 is 0 Å². The molecule has 1 unspecified atom stereocenters. The Balaban J connectivity index is 0.000000173. The summed E-state index contributed by atoms with van der Waals surface area (Å²) in [6.07, 6.45) is 11.8. The molecule has 0 N–H and O–H groups in total. The predicted octanol–water partition coefficient (Wildman–Crippen LogP) is 3.73. The summed E-state index contributed by atoms with van der Waals surface area (Å²) in [7, 11) is 0. The van der Waals surface area contributed by atoms with Crippen LogP contribution in [0.1, 0.15) is 84.0 Å². The van der Waals surface area contributed by atoms with E-state index in [2.05, 4.69) is 0 Å². The quantitative estimate of drug-likeness (QED) is 0.687. The van der Waals surface area contributed by atoms with Crippen molar-refractivity contribution in [1.29, 1.82) is 0 Å². The first kappa shape index (κ1) is 19.7. The van der Waals surface area contributed by atoms with E-state index in [4.69, 9.17) is 9.47 Å². The second-order valence-corrected chi connectivity index (χ2v) is 6.19. The molecule has 0 spiro atoms. The molecule has 2 heterocycles. The minimum atomic E-state index is -0.0307. The van der Waals surface area contributed by atoms with Crippen molar-refractivity contribution in [2.45, 2.75) is 90.1 Å². The van der Waals surface area contributed by atoms with Crippen molar-refractivity contribution in [3.8, 4) is 0 Å². The first-order valence-electron chi connectivity index (χ1n) is 8.98. The molecule has 2 aliphatic heterocycles. The van der Waals surface area contributed by atoms with E-state index >= 15 is 0 Å². The number of Topliss-reactive ketones (excluding diaryl/α,β-unsaturated/α-hetero) is 1. The molecule has 0 aromatic heterocycles. The van der Waals surface area contributed by atoms with Gasteiger partial charge in [0.25, 0.3) is 0 Å². The van der Waals surface area contributed by atoms with E-state index in [0.717, 1.165) is 57.8 Å². The molecule has 23 heavy (non-hydrogen) atoms. The van der Waals surface area contributed by atoms with Crippen molar-refractivity contribution in [1.82, 2.24) is 0 Å². The molecule has 5 nitrogen and oxygen atoms in total. The maximum Gasteiger partial charge on any atom is 0.306 e. The highest BCUT2D eigenvalue weighted by Gasteiger charge is 2.20. The van der Waals surface area contributed by atoms with Gasteiger partial charge in [0, 0.05) is 25.7 Å². The van der Waals surface area contributed by atoms with Crippen LogP contribution < -0.4 is 0 Å². The van der Waals surface area contributed by atoms with Crippen molar-refractivity contribution < 1.29 is 23.9 Å². The molecular formula is C18H30O5. The molecule has 2 saturated heterocycles. The second kappa shape index (κ2) is 12.1. The van der Waals surface area contributed by atoms with E-state index in [1.54, 1.807) is 0 Å². The van der Waals surface area contributed by atoms with Gasteiger partial charge in [0.2, 0.25) is 0 Å². The third-order valence-electron chi connectivity index (χ3n) is 4.12. The molecule has 0 radical (unpaired) electrons. The van der Waals surface area contributed by atoms with Crippen LogP contribution in [-0.2, 0) is 23.9 Å². The van der Waals surface area contributed by atoms with Crippen molar-refractivity contribution in [3.63, 3.8) is 0 Å². The Morgan fingerprint density at radius 1 is 0.826 bits per heavy atom. The number of cyclic esters (lactones) is 2. The summed E-state index contributed by atoms with van der Waals surface area (Å²) < 4.78 is 9.64. The van der Waals surface area contributed by atoms with E-state index < -0.39 is 0 Å². The Labute approximate surface area is 139 Å². The topological polar surface area (TPSA) is 69.7 Å². The lowest BCUT2D eigenvalue weighted by Crippen LogP contribution is -2.03. The van der Waals surface area contributed by atoms with Crippen molar-refractivity contribution in [3.05, 3.63) is 0 Å². The highest BCUT2D eigenvalue weighted by atomic mass is 16.5. The van der Waals surface area contributed by atoms with Gasteiger partial charge in [-0.3, -0.25) is 14.4 Å². The third kappa shape index (κ3) is 10.1. The number of rotatable bonds is 1. The number of ether oxygens (including phenoxy) is 2. The number of esters is 2. The highest BCUT2D eigenvalue weighted by Crippen LogP contribution is 2.15. The summed E-state index contributed by atoms with van der Waals surface area (Å²) in [5.74, 6) is 0.408. The van der Waals surface area contributed by atoms with Crippen molar-refractivity contribution >= 4 is 17.7 Å². The Kier molecular flexibility index (Phi) is 10.3. The van der Waals surface area contributed by atoms with E-state index in [9.17, 15) is 14.4 Å². The molecule has 5 heteroatoms. The molecule has 0 aromatic carbocycles. The fraction of sp³-hybridized carbons (Fsp3) is 0.833. The zero-order valence-corrected chi connectivity index (χ0v) is 14.3. The lowest BCUT2D eigenvalue weighted by Gasteiger charge is -2.05. The van der Waals surface area contributed by atoms with Crippen LogP contribution in [0.4, 0.5) is 0 Å². The van der Waals surface area contributed by atoms with Gasteiger partial charge in [-0.2, -0.15) is 0 Å². The smallest absolute Gasteiger partial charge is 0.306 e. The van der Waals surface area contributed by atoms with Crippen LogP contribution in [-0.4, -0.2) is 30.4 Å². The van der Waals surface area contributed by atoms with Crippen LogP contribution in [0.25, 0.3) is 0 Å². The monoisotopic (exact) mass is 326 g/mol. The first-order valence-corrected chi connectivity index (χ1v) is 8.98. The van der Waals surface area contributed by atoms with Gasteiger partial charge < -0.3 is 9.47 Å². The van der Waals surface area contributed by atoms with Crippen LogP contribution in [0.3, 0.4) is 0 Å². The molecule has 3 rings (SSSR count). The summed E-state index contributed by atoms with van der Waals surface area (Å²) in [4.78, 5) is 31.3. The average molecular weight is 326 g/mol. The molecular weight excluding hydrogens is 296 g/mol. The fourth-order valence-corrected chi connectivity index (χ4v) is 2.62. The second-order valence-electron chi connectivity index (χ2n) is 6.19. The van der Waals surface area contributed by atoms with E-state index in [1.807, 2.05) is 6.92 Å². The van der Waals surface area contributed by atoms with E-state index in [1.165, 1.54) is 6.42 Å². The molecule has 1 atom stereocenters. The Morgan fingerprint density at radius 3 is 1.96 bits per heavy atom. The Hall–Kier alpha value is -1.39.